The molecule has 66 valence electrons. The van der Waals surface area contributed by atoms with Gasteiger partial charge in [-0.15, -0.1) is 10.2 Å². The van der Waals surface area contributed by atoms with Gasteiger partial charge in [-0.3, -0.25) is 0 Å². The summed E-state index contributed by atoms with van der Waals surface area (Å²) in [6.45, 7) is 0. The molecule has 0 saturated heterocycles. The third kappa shape index (κ3) is 1.77. The molecular formula is C6H2Br2N4S. The number of aliphatic imine (C=N–C) groups is 1. The Kier molecular flexibility index (Phi) is 2.39. The molecule has 0 spiro atoms. The second-order valence-electron chi connectivity index (χ2n) is 2.26. The van der Waals surface area contributed by atoms with E-state index < -0.39 is 0 Å². The highest BCUT2D eigenvalue weighted by atomic mass is 79.9. The molecule has 0 bridgehead atoms. The lowest BCUT2D eigenvalue weighted by Crippen LogP contribution is -1.93. The van der Waals surface area contributed by atoms with E-state index in [0.29, 0.717) is 5.84 Å². The van der Waals surface area contributed by atoms with Gasteiger partial charge in [0.05, 0.1) is 14.8 Å². The highest BCUT2D eigenvalue weighted by molar-refractivity contribution is 9.13. The van der Waals surface area contributed by atoms with Crippen molar-refractivity contribution in [2.24, 2.45) is 15.2 Å². The average molecular weight is 322 g/mol. The van der Waals surface area contributed by atoms with Gasteiger partial charge in [-0.25, -0.2) is 0 Å². The molecule has 0 aromatic carbocycles. The van der Waals surface area contributed by atoms with Crippen LogP contribution in [0.5, 0.6) is 0 Å². The standard InChI is InChI=1S/C6H2Br2N4S/c7-2-1-3(9-4(2)8)5-10-6(13)12-11-5/h1,9H. The van der Waals surface area contributed by atoms with E-state index >= 15 is 0 Å². The van der Waals surface area contributed by atoms with Crippen molar-refractivity contribution in [3.8, 4) is 0 Å². The number of azo groups is 1. The second kappa shape index (κ2) is 3.39. The summed E-state index contributed by atoms with van der Waals surface area (Å²) in [6.07, 6.45) is 0. The van der Waals surface area contributed by atoms with Gasteiger partial charge in [-0.1, -0.05) is 0 Å². The first-order chi connectivity index (χ1) is 6.16. The normalized spacial score (nSPS) is 15.2. The van der Waals surface area contributed by atoms with E-state index in [1.54, 1.807) is 0 Å². The smallest absolute Gasteiger partial charge is 0.242 e. The van der Waals surface area contributed by atoms with E-state index in [1.165, 1.54) is 0 Å². The van der Waals surface area contributed by atoms with Gasteiger partial charge in [0, 0.05) is 0 Å². The van der Waals surface area contributed by atoms with Crippen LogP contribution in [0.25, 0.3) is 0 Å². The molecule has 2 rings (SSSR count). The van der Waals surface area contributed by atoms with Crippen LogP contribution in [0.2, 0.25) is 0 Å². The van der Waals surface area contributed by atoms with E-state index in [0.717, 1.165) is 14.8 Å². The summed E-state index contributed by atoms with van der Waals surface area (Å²) in [5.74, 6) is 0.511. The van der Waals surface area contributed by atoms with Gasteiger partial charge in [0.25, 0.3) is 0 Å². The van der Waals surface area contributed by atoms with Crippen LogP contribution in [0, 0.1) is 0 Å². The summed E-state index contributed by atoms with van der Waals surface area (Å²) in [6, 6.07) is 1.86. The number of halogens is 2. The lowest BCUT2D eigenvalue weighted by molar-refractivity contribution is 1.29. The average Bonchev–Trinajstić information content (AvgIpc) is 2.61. The predicted molar refractivity (Wildman–Crippen MR) is 60.2 cm³/mol. The Hall–Kier alpha value is -0.400. The number of thiocarbonyl (C=S) groups is 1. The van der Waals surface area contributed by atoms with Crippen molar-refractivity contribution in [2.45, 2.75) is 0 Å². The SMILES string of the molecule is S=C1N=NC(c2cc(Br)c(Br)[nH]2)=N1. The minimum atomic E-state index is 0.261. The molecule has 0 atom stereocenters. The van der Waals surface area contributed by atoms with Crippen LogP contribution in [-0.2, 0) is 0 Å². The van der Waals surface area contributed by atoms with Gasteiger partial charge in [0.2, 0.25) is 10.9 Å². The van der Waals surface area contributed by atoms with Crippen molar-refractivity contribution in [1.29, 1.82) is 0 Å². The maximum atomic E-state index is 4.75. The number of aromatic nitrogens is 1. The molecule has 4 nitrogen and oxygen atoms in total. The van der Waals surface area contributed by atoms with Crippen LogP contribution >= 0.6 is 44.1 Å². The summed E-state index contributed by atoms with van der Waals surface area (Å²) in [5.41, 5.74) is 0.780. The Morgan fingerprint density at radius 1 is 1.31 bits per heavy atom. The van der Waals surface area contributed by atoms with E-state index in [4.69, 9.17) is 12.2 Å². The molecule has 2 heterocycles. The van der Waals surface area contributed by atoms with Gasteiger partial charge >= 0.3 is 0 Å². The van der Waals surface area contributed by atoms with E-state index in [2.05, 4.69) is 52.1 Å². The van der Waals surface area contributed by atoms with Crippen LogP contribution in [0.1, 0.15) is 5.69 Å². The van der Waals surface area contributed by atoms with Crippen molar-refractivity contribution in [2.75, 3.05) is 0 Å². The molecule has 0 fully saturated rings. The van der Waals surface area contributed by atoms with Gasteiger partial charge in [-0.2, -0.15) is 4.99 Å². The molecule has 0 amide bonds. The molecule has 13 heavy (non-hydrogen) atoms. The topological polar surface area (TPSA) is 52.9 Å². The summed E-state index contributed by atoms with van der Waals surface area (Å²) in [5, 5.41) is 7.70. The molecule has 0 unspecified atom stereocenters. The van der Waals surface area contributed by atoms with E-state index in [-0.39, 0.29) is 5.11 Å². The summed E-state index contributed by atoms with van der Waals surface area (Å²) in [4.78, 5) is 6.99. The minimum absolute atomic E-state index is 0.261. The molecule has 0 saturated carbocycles. The Morgan fingerprint density at radius 2 is 2.08 bits per heavy atom. The van der Waals surface area contributed by atoms with Crippen molar-refractivity contribution < 1.29 is 0 Å². The van der Waals surface area contributed by atoms with Crippen LogP contribution in [0.4, 0.5) is 0 Å². The zero-order valence-electron chi connectivity index (χ0n) is 6.08. The molecule has 1 aromatic heterocycles. The monoisotopic (exact) mass is 320 g/mol. The van der Waals surface area contributed by atoms with Crippen LogP contribution in [0.15, 0.2) is 30.4 Å². The second-order valence-corrected chi connectivity index (χ2v) is 4.28. The molecule has 7 heteroatoms. The van der Waals surface area contributed by atoms with E-state index in [9.17, 15) is 0 Å². The minimum Gasteiger partial charge on any atom is -0.346 e. The van der Waals surface area contributed by atoms with Crippen LogP contribution in [-0.4, -0.2) is 15.9 Å². The molecule has 1 aliphatic rings. The first kappa shape index (κ1) is 9.17. The molecule has 0 aliphatic carbocycles. The fourth-order valence-corrected chi connectivity index (χ4v) is 1.65. The third-order valence-electron chi connectivity index (χ3n) is 1.40. The zero-order valence-corrected chi connectivity index (χ0v) is 10.1. The molecular weight excluding hydrogens is 320 g/mol. The third-order valence-corrected chi connectivity index (χ3v) is 3.35. The Balaban J connectivity index is 2.42. The number of nitrogens with zero attached hydrogens (tertiary/aromatic N) is 3. The van der Waals surface area contributed by atoms with Crippen molar-refractivity contribution in [1.82, 2.24) is 4.98 Å². The maximum absolute atomic E-state index is 4.75. The zero-order chi connectivity index (χ0) is 9.42. The van der Waals surface area contributed by atoms with Gasteiger partial charge in [0.15, 0.2) is 0 Å². The molecule has 0 radical (unpaired) electrons. The van der Waals surface area contributed by atoms with Crippen molar-refractivity contribution in [3.05, 3.63) is 20.8 Å². The fraction of sp³-hybridized carbons (Fsp3) is 0. The molecule has 1 aromatic rings. The van der Waals surface area contributed by atoms with Gasteiger partial charge in [0.1, 0.15) is 0 Å². The van der Waals surface area contributed by atoms with Crippen molar-refractivity contribution in [3.63, 3.8) is 0 Å². The first-order valence-electron chi connectivity index (χ1n) is 3.25. The van der Waals surface area contributed by atoms with Crippen LogP contribution < -0.4 is 0 Å². The number of rotatable bonds is 1. The molecule has 1 aliphatic heterocycles. The summed E-state index contributed by atoms with van der Waals surface area (Å²) < 4.78 is 1.76. The summed E-state index contributed by atoms with van der Waals surface area (Å²) in [7, 11) is 0. The number of amidine groups is 1. The largest absolute Gasteiger partial charge is 0.346 e. The number of hydrogen-bond acceptors (Lipinski definition) is 2. The highest BCUT2D eigenvalue weighted by Crippen LogP contribution is 2.24. The number of H-pyrrole nitrogens is 1. The van der Waals surface area contributed by atoms with Gasteiger partial charge < -0.3 is 4.98 Å². The summed E-state index contributed by atoms with van der Waals surface area (Å²) >= 11 is 11.4. The van der Waals surface area contributed by atoms with Gasteiger partial charge in [-0.05, 0) is 50.1 Å². The quantitative estimate of drug-likeness (QED) is 0.794. The fourth-order valence-electron chi connectivity index (χ4n) is 0.864. The number of nitrogens with one attached hydrogen (secondary N) is 1. The Bertz CT molecular complexity index is 414. The maximum Gasteiger partial charge on any atom is 0.242 e. The lowest BCUT2D eigenvalue weighted by Gasteiger charge is -1.87. The lowest BCUT2D eigenvalue weighted by atomic mass is 10.4. The molecule has 1 N–H and O–H groups in total. The first-order valence-corrected chi connectivity index (χ1v) is 5.25. The predicted octanol–water partition coefficient (Wildman–Crippen LogP) is 3.04. The Labute approximate surface area is 95.8 Å². The number of aromatic amines is 1. The van der Waals surface area contributed by atoms with Crippen molar-refractivity contribution >= 4 is 55.0 Å². The highest BCUT2D eigenvalue weighted by Gasteiger charge is 2.13. The van der Waals surface area contributed by atoms with E-state index in [1.807, 2.05) is 6.07 Å². The number of hydrogen-bond donors (Lipinski definition) is 1. The van der Waals surface area contributed by atoms with Crippen LogP contribution in [0.3, 0.4) is 0 Å². The Morgan fingerprint density at radius 3 is 2.54 bits per heavy atom.